The number of carbonyl (C=O) groups is 1. The third-order valence-electron chi connectivity index (χ3n) is 2.00. The molecule has 0 saturated heterocycles. The van der Waals surface area contributed by atoms with Crippen molar-refractivity contribution in [2.24, 2.45) is 0 Å². The summed E-state index contributed by atoms with van der Waals surface area (Å²) >= 11 is 0. The van der Waals surface area contributed by atoms with Gasteiger partial charge in [-0.3, -0.25) is 4.79 Å². The van der Waals surface area contributed by atoms with Gasteiger partial charge in [0.1, 0.15) is 0 Å². The molecule has 0 aliphatic heterocycles. The lowest BCUT2D eigenvalue weighted by Gasteiger charge is -2.15. The third-order valence-corrected chi connectivity index (χ3v) is 2.00. The van der Waals surface area contributed by atoms with Gasteiger partial charge in [0.05, 0.1) is 6.54 Å². The first-order valence-corrected chi connectivity index (χ1v) is 5.48. The minimum atomic E-state index is -4.69. The third kappa shape index (κ3) is 8.93. The monoisotopic (exact) mass is 256 g/mol. The first-order valence-electron chi connectivity index (χ1n) is 5.48. The van der Waals surface area contributed by atoms with Crippen LogP contribution >= 0.6 is 0 Å². The first kappa shape index (κ1) is 16.2. The number of aliphatic hydroxyl groups excluding tert-OH is 1. The molecule has 0 saturated carbocycles. The number of hydrogen-bond acceptors (Lipinski definition) is 3. The summed E-state index contributed by atoms with van der Waals surface area (Å²) in [4.78, 5) is 11.1. The minimum Gasteiger partial charge on any atom is -0.382 e. The van der Waals surface area contributed by atoms with Crippen molar-refractivity contribution < 1.29 is 23.1 Å². The molecular formula is C10H19F3N2O2. The van der Waals surface area contributed by atoms with E-state index in [0.717, 1.165) is 0 Å². The van der Waals surface area contributed by atoms with Crippen molar-refractivity contribution in [2.75, 3.05) is 13.1 Å². The van der Waals surface area contributed by atoms with Gasteiger partial charge in [0, 0.05) is 12.5 Å². The minimum absolute atomic E-state index is 0.143. The Morgan fingerprint density at radius 1 is 1.35 bits per heavy atom. The van der Waals surface area contributed by atoms with Crippen LogP contribution in [0.15, 0.2) is 0 Å². The SMILES string of the molecule is CC(C)NCCCC(=O)NCC(O)C(F)(F)F. The predicted molar refractivity (Wildman–Crippen MR) is 57.4 cm³/mol. The Kier molecular flexibility index (Phi) is 7.13. The molecule has 0 aromatic heterocycles. The topological polar surface area (TPSA) is 61.4 Å². The smallest absolute Gasteiger partial charge is 0.382 e. The van der Waals surface area contributed by atoms with Gasteiger partial charge in [-0.1, -0.05) is 13.8 Å². The normalized spacial score (nSPS) is 13.8. The summed E-state index contributed by atoms with van der Waals surface area (Å²) < 4.78 is 35.7. The molecule has 1 atom stereocenters. The van der Waals surface area contributed by atoms with Crippen LogP contribution in [0.5, 0.6) is 0 Å². The van der Waals surface area contributed by atoms with E-state index in [1.54, 1.807) is 0 Å². The fraction of sp³-hybridized carbons (Fsp3) is 0.900. The van der Waals surface area contributed by atoms with Gasteiger partial charge >= 0.3 is 6.18 Å². The quantitative estimate of drug-likeness (QED) is 0.591. The average molecular weight is 256 g/mol. The zero-order chi connectivity index (χ0) is 13.5. The van der Waals surface area contributed by atoms with Crippen molar-refractivity contribution in [1.29, 1.82) is 0 Å². The van der Waals surface area contributed by atoms with E-state index in [9.17, 15) is 18.0 Å². The average Bonchev–Trinajstić information content (AvgIpc) is 2.19. The van der Waals surface area contributed by atoms with Crippen molar-refractivity contribution in [3.8, 4) is 0 Å². The van der Waals surface area contributed by atoms with E-state index in [1.807, 2.05) is 19.2 Å². The van der Waals surface area contributed by atoms with E-state index in [2.05, 4.69) is 5.32 Å². The summed E-state index contributed by atoms with van der Waals surface area (Å²) in [6, 6.07) is 0.310. The fourth-order valence-electron chi connectivity index (χ4n) is 1.05. The number of rotatable bonds is 7. The van der Waals surface area contributed by atoms with E-state index in [0.29, 0.717) is 19.0 Å². The molecule has 1 unspecified atom stereocenters. The number of carbonyl (C=O) groups excluding carboxylic acids is 1. The predicted octanol–water partition coefficient (Wildman–Crippen LogP) is 0.804. The van der Waals surface area contributed by atoms with E-state index >= 15 is 0 Å². The van der Waals surface area contributed by atoms with Crippen LogP contribution in [0, 0.1) is 0 Å². The Balaban J connectivity index is 3.60. The molecule has 0 bridgehead atoms. The molecule has 0 heterocycles. The number of alkyl halides is 3. The first-order chi connectivity index (χ1) is 7.73. The standard InChI is InChI=1S/C10H19F3N2O2/c1-7(2)14-5-3-4-9(17)15-6-8(16)10(11,12)13/h7-8,14,16H,3-6H2,1-2H3,(H,15,17). The number of aliphatic hydroxyl groups is 1. The van der Waals surface area contributed by atoms with Crippen LogP contribution in [-0.4, -0.2) is 42.4 Å². The Morgan fingerprint density at radius 2 is 1.94 bits per heavy atom. The summed E-state index contributed by atoms with van der Waals surface area (Å²) in [5.74, 6) is -0.487. The molecule has 3 N–H and O–H groups in total. The maximum Gasteiger partial charge on any atom is 0.416 e. The Hall–Kier alpha value is -0.820. The molecular weight excluding hydrogens is 237 g/mol. The molecule has 0 spiro atoms. The Morgan fingerprint density at radius 3 is 2.41 bits per heavy atom. The van der Waals surface area contributed by atoms with Gasteiger partial charge in [-0.25, -0.2) is 0 Å². The summed E-state index contributed by atoms with van der Waals surface area (Å²) in [7, 11) is 0. The summed E-state index contributed by atoms with van der Waals surface area (Å²) in [5.41, 5.74) is 0. The molecule has 7 heteroatoms. The maximum absolute atomic E-state index is 11.9. The molecule has 0 aromatic rings. The van der Waals surface area contributed by atoms with Crippen LogP contribution in [0.25, 0.3) is 0 Å². The lowest BCUT2D eigenvalue weighted by molar-refractivity contribution is -0.201. The van der Waals surface area contributed by atoms with Crippen LogP contribution in [0.2, 0.25) is 0 Å². The van der Waals surface area contributed by atoms with E-state index in [-0.39, 0.29) is 6.42 Å². The van der Waals surface area contributed by atoms with E-state index in [4.69, 9.17) is 5.11 Å². The highest BCUT2D eigenvalue weighted by atomic mass is 19.4. The van der Waals surface area contributed by atoms with Crippen molar-refractivity contribution in [1.82, 2.24) is 10.6 Å². The van der Waals surface area contributed by atoms with Crippen LogP contribution < -0.4 is 10.6 Å². The van der Waals surface area contributed by atoms with Crippen LogP contribution in [0.3, 0.4) is 0 Å². The van der Waals surface area contributed by atoms with Crippen molar-refractivity contribution in [2.45, 2.75) is 45.0 Å². The van der Waals surface area contributed by atoms with Crippen molar-refractivity contribution in [3.05, 3.63) is 0 Å². The fourth-order valence-corrected chi connectivity index (χ4v) is 1.05. The number of nitrogens with one attached hydrogen (secondary N) is 2. The second kappa shape index (κ2) is 7.50. The number of amides is 1. The van der Waals surface area contributed by atoms with Crippen LogP contribution in [0.1, 0.15) is 26.7 Å². The molecule has 0 aromatic carbocycles. The molecule has 0 aliphatic rings. The van der Waals surface area contributed by atoms with E-state index < -0.39 is 24.7 Å². The van der Waals surface area contributed by atoms with Crippen LogP contribution in [-0.2, 0) is 4.79 Å². The highest BCUT2D eigenvalue weighted by molar-refractivity contribution is 5.75. The number of hydrogen-bond donors (Lipinski definition) is 3. The van der Waals surface area contributed by atoms with Crippen LogP contribution in [0.4, 0.5) is 13.2 Å². The van der Waals surface area contributed by atoms with Gasteiger partial charge in [-0.15, -0.1) is 0 Å². The second-order valence-electron chi connectivity index (χ2n) is 4.07. The molecule has 0 radical (unpaired) electrons. The molecule has 0 fully saturated rings. The van der Waals surface area contributed by atoms with Crippen molar-refractivity contribution >= 4 is 5.91 Å². The van der Waals surface area contributed by atoms with Gasteiger partial charge in [0.15, 0.2) is 6.10 Å². The maximum atomic E-state index is 11.9. The van der Waals surface area contributed by atoms with Gasteiger partial charge in [0.2, 0.25) is 5.91 Å². The van der Waals surface area contributed by atoms with Gasteiger partial charge in [-0.05, 0) is 13.0 Å². The largest absolute Gasteiger partial charge is 0.416 e. The summed E-state index contributed by atoms with van der Waals surface area (Å²) in [6.07, 6.45) is -6.50. The molecule has 1 amide bonds. The molecule has 0 rings (SSSR count). The molecule has 0 aliphatic carbocycles. The number of halogens is 3. The highest BCUT2D eigenvalue weighted by Crippen LogP contribution is 2.19. The highest BCUT2D eigenvalue weighted by Gasteiger charge is 2.38. The van der Waals surface area contributed by atoms with Gasteiger partial charge in [0.25, 0.3) is 0 Å². The Bertz CT molecular complexity index is 232. The van der Waals surface area contributed by atoms with Gasteiger partial charge < -0.3 is 15.7 Å². The lowest BCUT2D eigenvalue weighted by Crippen LogP contribution is -2.40. The summed E-state index contributed by atoms with van der Waals surface area (Å²) in [6.45, 7) is 3.76. The zero-order valence-corrected chi connectivity index (χ0v) is 9.97. The lowest BCUT2D eigenvalue weighted by atomic mass is 10.2. The van der Waals surface area contributed by atoms with Gasteiger partial charge in [-0.2, -0.15) is 13.2 Å². The summed E-state index contributed by atoms with van der Waals surface area (Å²) in [5, 5.41) is 13.7. The van der Waals surface area contributed by atoms with E-state index in [1.165, 1.54) is 0 Å². The molecule has 4 nitrogen and oxygen atoms in total. The molecule has 17 heavy (non-hydrogen) atoms. The van der Waals surface area contributed by atoms with Crippen molar-refractivity contribution in [3.63, 3.8) is 0 Å². The zero-order valence-electron chi connectivity index (χ0n) is 9.97. The second-order valence-corrected chi connectivity index (χ2v) is 4.07. The Labute approximate surface area is 98.6 Å². The molecule has 102 valence electrons.